The van der Waals surface area contributed by atoms with Gasteiger partial charge in [0, 0.05) is 7.05 Å². The molecule has 1 atom stereocenters. The van der Waals surface area contributed by atoms with Gasteiger partial charge in [-0.05, 0) is 19.4 Å². The van der Waals surface area contributed by atoms with Crippen LogP contribution >= 0.6 is 0 Å². The minimum atomic E-state index is -0.342. The van der Waals surface area contributed by atoms with Gasteiger partial charge in [0.05, 0.1) is 26.0 Å². The number of carbonyl (C=O) groups is 1. The van der Waals surface area contributed by atoms with E-state index in [9.17, 15) is 4.79 Å². The maximum atomic E-state index is 11.4. The quantitative estimate of drug-likeness (QED) is 0.501. The highest BCUT2D eigenvalue weighted by Gasteiger charge is 2.17. The Hall–Kier alpha value is -1.45. The van der Waals surface area contributed by atoms with E-state index in [2.05, 4.69) is 6.58 Å². The number of ether oxygens (including phenoxy) is 2. The van der Waals surface area contributed by atoms with Gasteiger partial charge in [-0.3, -0.25) is 0 Å². The van der Waals surface area contributed by atoms with E-state index in [-0.39, 0.29) is 12.1 Å². The zero-order valence-corrected chi connectivity index (χ0v) is 9.60. The van der Waals surface area contributed by atoms with E-state index < -0.39 is 0 Å². The molecule has 1 amide bonds. The van der Waals surface area contributed by atoms with Crippen molar-refractivity contribution in [2.45, 2.75) is 19.4 Å². The molecular formula is C11H19NO3. The molecule has 0 aliphatic heterocycles. The third kappa shape index (κ3) is 5.10. The SMILES string of the molecule is C=CCC(/C=C/OC)N(C)C(=O)OCC. The van der Waals surface area contributed by atoms with Gasteiger partial charge in [0.1, 0.15) is 0 Å². The highest BCUT2D eigenvalue weighted by molar-refractivity contribution is 5.67. The lowest BCUT2D eigenvalue weighted by molar-refractivity contribution is 0.108. The summed E-state index contributed by atoms with van der Waals surface area (Å²) in [4.78, 5) is 12.9. The van der Waals surface area contributed by atoms with Crippen molar-refractivity contribution in [3.8, 4) is 0 Å². The fourth-order valence-electron chi connectivity index (χ4n) is 1.07. The van der Waals surface area contributed by atoms with Gasteiger partial charge in [-0.15, -0.1) is 6.58 Å². The average Bonchev–Trinajstić information content (AvgIpc) is 2.23. The molecule has 0 bridgehead atoms. The second-order valence-electron chi connectivity index (χ2n) is 2.97. The summed E-state index contributed by atoms with van der Waals surface area (Å²) in [5, 5.41) is 0. The minimum Gasteiger partial charge on any atom is -0.505 e. The normalized spacial score (nSPS) is 12.2. The van der Waals surface area contributed by atoms with Gasteiger partial charge in [0.25, 0.3) is 0 Å². The number of likely N-dealkylation sites (N-methyl/N-ethyl adjacent to an activating group) is 1. The monoisotopic (exact) mass is 213 g/mol. The molecule has 1 unspecified atom stereocenters. The first-order valence-electron chi connectivity index (χ1n) is 4.87. The van der Waals surface area contributed by atoms with E-state index in [1.54, 1.807) is 39.5 Å². The van der Waals surface area contributed by atoms with Crippen LogP contribution in [0.1, 0.15) is 13.3 Å². The Kier molecular flexibility index (Phi) is 7.14. The summed E-state index contributed by atoms with van der Waals surface area (Å²) in [5.74, 6) is 0. The number of carbonyl (C=O) groups excluding carboxylic acids is 1. The zero-order chi connectivity index (χ0) is 11.7. The lowest BCUT2D eigenvalue weighted by atomic mass is 10.2. The van der Waals surface area contributed by atoms with Crippen molar-refractivity contribution >= 4 is 6.09 Å². The lowest BCUT2D eigenvalue weighted by Gasteiger charge is -2.23. The number of amides is 1. The fraction of sp³-hybridized carbons (Fsp3) is 0.545. The first kappa shape index (κ1) is 13.5. The molecule has 0 aromatic carbocycles. The van der Waals surface area contributed by atoms with Gasteiger partial charge in [-0.25, -0.2) is 4.79 Å². The smallest absolute Gasteiger partial charge is 0.409 e. The van der Waals surface area contributed by atoms with Crippen LogP contribution in [0, 0.1) is 0 Å². The van der Waals surface area contributed by atoms with Crippen LogP contribution in [-0.4, -0.2) is 37.8 Å². The van der Waals surface area contributed by atoms with Gasteiger partial charge in [-0.2, -0.15) is 0 Å². The summed E-state index contributed by atoms with van der Waals surface area (Å²) < 4.78 is 9.70. The molecule has 4 heteroatoms. The lowest BCUT2D eigenvalue weighted by Crippen LogP contribution is -2.36. The number of methoxy groups -OCH3 is 1. The van der Waals surface area contributed by atoms with E-state index in [0.717, 1.165) is 0 Å². The Morgan fingerprint density at radius 2 is 2.27 bits per heavy atom. The summed E-state index contributed by atoms with van der Waals surface area (Å²) in [5.41, 5.74) is 0. The van der Waals surface area contributed by atoms with E-state index in [0.29, 0.717) is 13.0 Å². The number of nitrogens with zero attached hydrogens (tertiary/aromatic N) is 1. The minimum absolute atomic E-state index is 0.0819. The van der Waals surface area contributed by atoms with Gasteiger partial charge in [-0.1, -0.05) is 6.08 Å². The van der Waals surface area contributed by atoms with E-state index >= 15 is 0 Å². The zero-order valence-electron chi connectivity index (χ0n) is 9.60. The topological polar surface area (TPSA) is 38.8 Å². The Morgan fingerprint density at radius 3 is 2.73 bits per heavy atom. The highest BCUT2D eigenvalue weighted by atomic mass is 16.6. The standard InChI is InChI=1S/C11H19NO3/c1-5-7-10(8-9-14-4)12(3)11(13)15-6-2/h5,8-10H,1,6-7H2,2-4H3/b9-8+. The molecule has 0 aromatic heterocycles. The number of hydrogen-bond donors (Lipinski definition) is 0. The van der Waals surface area contributed by atoms with Crippen molar-refractivity contribution in [1.29, 1.82) is 0 Å². The van der Waals surface area contributed by atoms with Crippen molar-refractivity contribution in [3.05, 3.63) is 25.0 Å². The average molecular weight is 213 g/mol. The van der Waals surface area contributed by atoms with Crippen LogP contribution in [0.3, 0.4) is 0 Å². The third-order valence-corrected chi connectivity index (χ3v) is 1.90. The summed E-state index contributed by atoms with van der Waals surface area (Å²) in [6, 6.07) is -0.0819. The third-order valence-electron chi connectivity index (χ3n) is 1.90. The number of rotatable bonds is 6. The highest BCUT2D eigenvalue weighted by Crippen LogP contribution is 2.06. The maximum Gasteiger partial charge on any atom is 0.409 e. The van der Waals surface area contributed by atoms with E-state index in [4.69, 9.17) is 9.47 Å². The predicted molar refractivity (Wildman–Crippen MR) is 59.5 cm³/mol. The van der Waals surface area contributed by atoms with Crippen LogP contribution < -0.4 is 0 Å². The van der Waals surface area contributed by atoms with Crippen LogP contribution in [0.25, 0.3) is 0 Å². The first-order valence-corrected chi connectivity index (χ1v) is 4.87. The maximum absolute atomic E-state index is 11.4. The Labute approximate surface area is 91.2 Å². The van der Waals surface area contributed by atoms with Crippen molar-refractivity contribution < 1.29 is 14.3 Å². The molecule has 0 aliphatic carbocycles. The van der Waals surface area contributed by atoms with Gasteiger partial charge >= 0.3 is 6.09 Å². The molecule has 0 saturated carbocycles. The molecular weight excluding hydrogens is 194 g/mol. The molecule has 0 saturated heterocycles. The molecule has 86 valence electrons. The fourth-order valence-corrected chi connectivity index (χ4v) is 1.07. The predicted octanol–water partition coefficient (Wildman–Crippen LogP) is 2.18. The van der Waals surface area contributed by atoms with Crippen LogP contribution in [-0.2, 0) is 9.47 Å². The van der Waals surface area contributed by atoms with Crippen molar-refractivity contribution in [1.82, 2.24) is 4.90 Å². The van der Waals surface area contributed by atoms with Crippen LogP contribution in [0.15, 0.2) is 25.0 Å². The Balaban J connectivity index is 4.38. The summed E-state index contributed by atoms with van der Waals surface area (Å²) >= 11 is 0. The summed E-state index contributed by atoms with van der Waals surface area (Å²) in [6.45, 7) is 5.79. The van der Waals surface area contributed by atoms with Crippen molar-refractivity contribution in [3.63, 3.8) is 0 Å². The van der Waals surface area contributed by atoms with Gasteiger partial charge in [0.15, 0.2) is 0 Å². The molecule has 0 heterocycles. The summed E-state index contributed by atoms with van der Waals surface area (Å²) in [7, 11) is 3.25. The van der Waals surface area contributed by atoms with E-state index in [1.165, 1.54) is 4.90 Å². The van der Waals surface area contributed by atoms with Gasteiger partial charge in [0.2, 0.25) is 0 Å². The Bertz CT molecular complexity index is 226. The Morgan fingerprint density at radius 1 is 1.60 bits per heavy atom. The van der Waals surface area contributed by atoms with Crippen molar-refractivity contribution in [2.75, 3.05) is 20.8 Å². The first-order chi connectivity index (χ1) is 7.17. The second kappa shape index (κ2) is 7.91. The van der Waals surface area contributed by atoms with Gasteiger partial charge < -0.3 is 14.4 Å². The van der Waals surface area contributed by atoms with E-state index in [1.807, 2.05) is 0 Å². The molecule has 0 radical (unpaired) electrons. The molecule has 0 rings (SSSR count). The molecule has 0 aromatic rings. The van der Waals surface area contributed by atoms with Crippen molar-refractivity contribution in [2.24, 2.45) is 0 Å². The second-order valence-corrected chi connectivity index (χ2v) is 2.97. The summed E-state index contributed by atoms with van der Waals surface area (Å²) in [6.07, 6.45) is 5.41. The molecule has 0 fully saturated rings. The molecule has 15 heavy (non-hydrogen) atoms. The molecule has 0 N–H and O–H groups in total. The molecule has 0 spiro atoms. The molecule has 4 nitrogen and oxygen atoms in total. The van der Waals surface area contributed by atoms with Crippen LogP contribution in [0.4, 0.5) is 4.79 Å². The number of hydrogen-bond acceptors (Lipinski definition) is 3. The van der Waals surface area contributed by atoms with Crippen LogP contribution in [0.5, 0.6) is 0 Å². The molecule has 0 aliphatic rings. The largest absolute Gasteiger partial charge is 0.505 e. The van der Waals surface area contributed by atoms with Crippen LogP contribution in [0.2, 0.25) is 0 Å².